The van der Waals surface area contributed by atoms with Gasteiger partial charge in [-0.25, -0.2) is 4.39 Å². The number of benzene rings is 3. The lowest BCUT2D eigenvalue weighted by atomic mass is 10.1. The van der Waals surface area contributed by atoms with Gasteiger partial charge in [0.1, 0.15) is 16.5 Å². The number of halogens is 2. The lowest BCUT2D eigenvalue weighted by Gasteiger charge is -2.10. The molecule has 4 nitrogen and oxygen atoms in total. The molecule has 30 heavy (non-hydrogen) atoms. The van der Waals surface area contributed by atoms with Gasteiger partial charge in [-0.1, -0.05) is 65.8 Å². The number of nitrogens with one attached hydrogen (secondary N) is 1. The number of thioether (sulfide) groups is 1. The third-order valence-corrected chi connectivity index (χ3v) is 5.90. The van der Waals surface area contributed by atoms with Crippen LogP contribution in [0.4, 0.5) is 4.39 Å². The molecular weight excluding hydrogens is 421 g/mol. The number of amides is 1. The Labute approximate surface area is 182 Å². The molecule has 0 saturated heterocycles. The van der Waals surface area contributed by atoms with Gasteiger partial charge in [0.05, 0.1) is 5.75 Å². The van der Waals surface area contributed by atoms with Gasteiger partial charge in [0.15, 0.2) is 0 Å². The van der Waals surface area contributed by atoms with Crippen LogP contribution in [0.25, 0.3) is 22.0 Å². The molecule has 0 radical (unpaired) electrons. The average molecular weight is 438 g/mol. The van der Waals surface area contributed by atoms with E-state index < -0.39 is 0 Å². The van der Waals surface area contributed by atoms with Crippen LogP contribution in [0, 0.1) is 5.82 Å². The van der Waals surface area contributed by atoms with Gasteiger partial charge < -0.3 is 5.32 Å². The SMILES string of the molecule is O=C(CSc1nnc(-c2ccc(F)cc2)c2ccccc12)NCc1ccccc1Cl. The third kappa shape index (κ3) is 4.61. The van der Waals surface area contributed by atoms with Crippen LogP contribution in [0.1, 0.15) is 5.56 Å². The zero-order valence-electron chi connectivity index (χ0n) is 15.8. The van der Waals surface area contributed by atoms with Crippen molar-refractivity contribution >= 4 is 40.0 Å². The van der Waals surface area contributed by atoms with Crippen molar-refractivity contribution in [3.8, 4) is 11.3 Å². The molecule has 0 aliphatic heterocycles. The molecule has 7 heteroatoms. The van der Waals surface area contributed by atoms with E-state index in [4.69, 9.17) is 11.6 Å². The highest BCUT2D eigenvalue weighted by Crippen LogP contribution is 2.31. The second-order valence-electron chi connectivity index (χ2n) is 6.56. The van der Waals surface area contributed by atoms with E-state index >= 15 is 0 Å². The van der Waals surface area contributed by atoms with Crippen molar-refractivity contribution in [3.63, 3.8) is 0 Å². The van der Waals surface area contributed by atoms with E-state index in [0.717, 1.165) is 21.9 Å². The van der Waals surface area contributed by atoms with Crippen LogP contribution in [0.3, 0.4) is 0 Å². The smallest absolute Gasteiger partial charge is 0.230 e. The molecule has 0 aliphatic carbocycles. The highest BCUT2D eigenvalue weighted by atomic mass is 35.5. The molecule has 0 spiro atoms. The molecule has 0 bridgehead atoms. The topological polar surface area (TPSA) is 54.9 Å². The average Bonchev–Trinajstić information content (AvgIpc) is 2.77. The molecule has 4 rings (SSSR count). The number of rotatable bonds is 6. The minimum atomic E-state index is -0.300. The number of hydrogen-bond donors (Lipinski definition) is 1. The predicted octanol–water partition coefficient (Wildman–Crippen LogP) is 5.50. The van der Waals surface area contributed by atoms with Gasteiger partial charge in [0.2, 0.25) is 5.91 Å². The van der Waals surface area contributed by atoms with Crippen LogP contribution in [-0.2, 0) is 11.3 Å². The fourth-order valence-corrected chi connectivity index (χ4v) is 4.03. The number of carbonyl (C=O) groups is 1. The first-order valence-corrected chi connectivity index (χ1v) is 10.6. The van der Waals surface area contributed by atoms with Gasteiger partial charge in [0.25, 0.3) is 0 Å². The van der Waals surface area contributed by atoms with Crippen LogP contribution in [0.5, 0.6) is 0 Å². The molecular formula is C23H17ClFN3OS. The van der Waals surface area contributed by atoms with Gasteiger partial charge in [-0.3, -0.25) is 4.79 Å². The molecule has 0 atom stereocenters. The molecule has 1 aromatic heterocycles. The van der Waals surface area contributed by atoms with Gasteiger partial charge in [-0.05, 0) is 35.9 Å². The molecule has 150 valence electrons. The Balaban J connectivity index is 1.49. The van der Waals surface area contributed by atoms with Crippen LogP contribution in [-0.4, -0.2) is 21.9 Å². The lowest BCUT2D eigenvalue weighted by molar-refractivity contribution is -0.118. The fourth-order valence-electron chi connectivity index (χ4n) is 3.03. The van der Waals surface area contributed by atoms with Crippen molar-refractivity contribution in [1.29, 1.82) is 0 Å². The lowest BCUT2D eigenvalue weighted by Crippen LogP contribution is -2.24. The van der Waals surface area contributed by atoms with Gasteiger partial charge in [-0.15, -0.1) is 10.2 Å². The Bertz CT molecular complexity index is 1200. The molecule has 1 heterocycles. The molecule has 0 unspecified atom stereocenters. The normalized spacial score (nSPS) is 10.9. The molecule has 3 aromatic carbocycles. The molecule has 4 aromatic rings. The summed E-state index contributed by atoms with van der Waals surface area (Å²) in [7, 11) is 0. The van der Waals surface area contributed by atoms with E-state index in [1.165, 1.54) is 23.9 Å². The minimum Gasteiger partial charge on any atom is -0.351 e. The summed E-state index contributed by atoms with van der Waals surface area (Å²) in [4.78, 5) is 12.3. The van der Waals surface area contributed by atoms with E-state index in [1.807, 2.05) is 42.5 Å². The second-order valence-corrected chi connectivity index (χ2v) is 7.93. The standard InChI is InChI=1S/C23H17ClFN3OS/c24-20-8-4-1-5-16(20)13-26-21(29)14-30-23-19-7-3-2-6-18(19)22(27-28-23)15-9-11-17(25)12-10-15/h1-12H,13-14H2,(H,26,29). The van der Waals surface area contributed by atoms with Crippen LogP contribution in [0.15, 0.2) is 77.8 Å². The first-order valence-electron chi connectivity index (χ1n) is 9.26. The van der Waals surface area contributed by atoms with Crippen LogP contribution < -0.4 is 5.32 Å². The summed E-state index contributed by atoms with van der Waals surface area (Å²) in [6, 6.07) is 21.3. The summed E-state index contributed by atoms with van der Waals surface area (Å²) >= 11 is 7.45. The van der Waals surface area contributed by atoms with Crippen molar-refractivity contribution in [2.75, 3.05) is 5.75 Å². The summed E-state index contributed by atoms with van der Waals surface area (Å²) in [5.74, 6) is -0.210. The maximum atomic E-state index is 13.3. The summed E-state index contributed by atoms with van der Waals surface area (Å²) in [6.07, 6.45) is 0. The molecule has 1 amide bonds. The van der Waals surface area contributed by atoms with Gasteiger partial charge in [-0.2, -0.15) is 0 Å². The first-order chi connectivity index (χ1) is 14.6. The minimum absolute atomic E-state index is 0.117. The molecule has 0 saturated carbocycles. The van der Waals surface area contributed by atoms with E-state index in [-0.39, 0.29) is 17.5 Å². The predicted molar refractivity (Wildman–Crippen MR) is 119 cm³/mol. The third-order valence-electron chi connectivity index (χ3n) is 4.54. The molecule has 0 aliphatic rings. The van der Waals surface area contributed by atoms with Crippen molar-refractivity contribution < 1.29 is 9.18 Å². The Morgan fingerprint density at radius 3 is 2.40 bits per heavy atom. The van der Waals surface area contributed by atoms with Gasteiger partial charge in [0, 0.05) is 27.9 Å². The first kappa shape index (κ1) is 20.3. The fraction of sp³-hybridized carbons (Fsp3) is 0.0870. The van der Waals surface area contributed by atoms with E-state index in [1.54, 1.807) is 18.2 Å². The summed E-state index contributed by atoms with van der Waals surface area (Å²) in [5, 5.41) is 14.6. The number of hydrogen-bond acceptors (Lipinski definition) is 4. The van der Waals surface area contributed by atoms with E-state index in [9.17, 15) is 9.18 Å². The molecule has 1 N–H and O–H groups in total. The summed E-state index contributed by atoms with van der Waals surface area (Å²) < 4.78 is 13.3. The number of nitrogens with zero attached hydrogens (tertiary/aromatic N) is 2. The maximum absolute atomic E-state index is 13.3. The zero-order chi connectivity index (χ0) is 20.9. The highest BCUT2D eigenvalue weighted by molar-refractivity contribution is 8.00. The van der Waals surface area contributed by atoms with Crippen molar-refractivity contribution in [3.05, 3.63) is 89.2 Å². The highest BCUT2D eigenvalue weighted by Gasteiger charge is 2.13. The van der Waals surface area contributed by atoms with Crippen LogP contribution in [0.2, 0.25) is 5.02 Å². The Morgan fingerprint density at radius 1 is 0.933 bits per heavy atom. The van der Waals surface area contributed by atoms with Crippen molar-refractivity contribution in [2.45, 2.75) is 11.6 Å². The number of carbonyl (C=O) groups excluding carboxylic acids is 1. The van der Waals surface area contributed by atoms with E-state index in [0.29, 0.717) is 22.3 Å². The van der Waals surface area contributed by atoms with Crippen molar-refractivity contribution in [2.24, 2.45) is 0 Å². The Hall–Kier alpha value is -2.96. The molecule has 0 fully saturated rings. The number of aromatic nitrogens is 2. The Kier molecular flexibility index (Phi) is 6.26. The quantitative estimate of drug-likeness (QED) is 0.405. The van der Waals surface area contributed by atoms with Crippen molar-refractivity contribution in [1.82, 2.24) is 15.5 Å². The van der Waals surface area contributed by atoms with Crippen LogP contribution >= 0.6 is 23.4 Å². The Morgan fingerprint density at radius 2 is 1.63 bits per heavy atom. The summed E-state index contributed by atoms with van der Waals surface area (Å²) in [6.45, 7) is 0.370. The number of fused-ring (bicyclic) bond motifs is 1. The zero-order valence-corrected chi connectivity index (χ0v) is 17.4. The van der Waals surface area contributed by atoms with Gasteiger partial charge >= 0.3 is 0 Å². The second kappa shape index (κ2) is 9.24. The maximum Gasteiger partial charge on any atom is 0.230 e. The van der Waals surface area contributed by atoms with E-state index in [2.05, 4.69) is 15.5 Å². The monoisotopic (exact) mass is 437 g/mol. The largest absolute Gasteiger partial charge is 0.351 e. The summed E-state index contributed by atoms with van der Waals surface area (Å²) in [5.41, 5.74) is 2.33.